The van der Waals surface area contributed by atoms with Crippen LogP contribution in [0.5, 0.6) is 0 Å². The molecule has 2 aliphatic carbocycles. The highest BCUT2D eigenvalue weighted by Crippen LogP contribution is 2.46. The number of halogens is 2. The maximum atomic E-state index is 15.5. The van der Waals surface area contributed by atoms with Gasteiger partial charge in [0.2, 0.25) is 5.43 Å². The van der Waals surface area contributed by atoms with Gasteiger partial charge >= 0.3 is 5.97 Å². The van der Waals surface area contributed by atoms with Crippen LogP contribution in [0.15, 0.2) is 17.1 Å². The van der Waals surface area contributed by atoms with Crippen LogP contribution in [0.1, 0.15) is 35.7 Å². The second kappa shape index (κ2) is 5.51. The zero-order valence-electron chi connectivity index (χ0n) is 14.5. The van der Waals surface area contributed by atoms with Gasteiger partial charge in [0.05, 0.1) is 10.9 Å². The highest BCUT2D eigenvalue weighted by molar-refractivity contribution is 5.94. The number of nitrogens with zero attached hydrogens (tertiary/aromatic N) is 2. The van der Waals surface area contributed by atoms with Gasteiger partial charge in [-0.3, -0.25) is 4.79 Å². The number of carbonyl (C=O) groups is 1. The second-order valence-electron chi connectivity index (χ2n) is 7.96. The molecule has 0 spiro atoms. The number of aromatic nitrogens is 1. The van der Waals surface area contributed by atoms with Crippen molar-refractivity contribution in [3.8, 4) is 0 Å². The third-order valence-corrected chi connectivity index (χ3v) is 6.08. The standard InChI is InChI=1S/C19H19F2N3O3/c20-13-4-11-16(24(9-1-2-9)6-12(18(11)25)19(26)27)15(21)17(13)23-5-8-3-10(8)14(22)7-23/h4,6,8-10,14H,1-3,5,7,22H2,(H,26,27). The zero-order valence-corrected chi connectivity index (χ0v) is 14.5. The van der Waals surface area contributed by atoms with E-state index in [-0.39, 0.29) is 28.7 Å². The van der Waals surface area contributed by atoms with E-state index in [1.165, 1.54) is 10.8 Å². The second-order valence-corrected chi connectivity index (χ2v) is 7.96. The Morgan fingerprint density at radius 1 is 1.26 bits per heavy atom. The minimum Gasteiger partial charge on any atom is -0.477 e. The van der Waals surface area contributed by atoms with Crippen LogP contribution < -0.4 is 16.1 Å². The van der Waals surface area contributed by atoms with E-state index in [1.807, 2.05) is 0 Å². The van der Waals surface area contributed by atoms with Crippen LogP contribution in [0.3, 0.4) is 0 Å². The van der Waals surface area contributed by atoms with Crippen molar-refractivity contribution in [3.05, 3.63) is 39.7 Å². The molecule has 3 fully saturated rings. The van der Waals surface area contributed by atoms with Crippen LogP contribution in [0.4, 0.5) is 14.5 Å². The molecule has 3 atom stereocenters. The van der Waals surface area contributed by atoms with Crippen molar-refractivity contribution in [1.29, 1.82) is 0 Å². The van der Waals surface area contributed by atoms with Gasteiger partial charge < -0.3 is 20.3 Å². The first-order valence-electron chi connectivity index (χ1n) is 9.17. The van der Waals surface area contributed by atoms with E-state index in [1.54, 1.807) is 4.90 Å². The Morgan fingerprint density at radius 3 is 2.63 bits per heavy atom. The Balaban J connectivity index is 1.75. The molecule has 1 aliphatic heterocycles. The maximum Gasteiger partial charge on any atom is 0.341 e. The number of carboxylic acids is 1. The fraction of sp³-hybridized carbons (Fsp3) is 0.474. The largest absolute Gasteiger partial charge is 0.477 e. The summed E-state index contributed by atoms with van der Waals surface area (Å²) < 4.78 is 31.9. The summed E-state index contributed by atoms with van der Waals surface area (Å²) in [6.45, 7) is 0.903. The quantitative estimate of drug-likeness (QED) is 0.858. The molecule has 1 aromatic heterocycles. The number of aromatic carboxylic acids is 1. The smallest absolute Gasteiger partial charge is 0.341 e. The summed E-state index contributed by atoms with van der Waals surface area (Å²) >= 11 is 0. The van der Waals surface area contributed by atoms with Crippen LogP contribution in [0.2, 0.25) is 0 Å². The Morgan fingerprint density at radius 2 is 2.00 bits per heavy atom. The van der Waals surface area contributed by atoms with E-state index >= 15 is 4.39 Å². The van der Waals surface area contributed by atoms with Crippen molar-refractivity contribution in [2.75, 3.05) is 18.0 Å². The Labute approximate surface area is 153 Å². The summed E-state index contributed by atoms with van der Waals surface area (Å²) in [4.78, 5) is 25.5. The number of piperidine rings is 1. The van der Waals surface area contributed by atoms with E-state index in [4.69, 9.17) is 5.73 Å². The lowest BCUT2D eigenvalue weighted by Crippen LogP contribution is -2.45. The first-order valence-corrected chi connectivity index (χ1v) is 9.17. The summed E-state index contributed by atoms with van der Waals surface area (Å²) in [7, 11) is 0. The van der Waals surface area contributed by atoms with Gasteiger partial charge in [-0.2, -0.15) is 0 Å². The highest BCUT2D eigenvalue weighted by Gasteiger charge is 2.47. The summed E-state index contributed by atoms with van der Waals surface area (Å²) in [5.41, 5.74) is 4.60. The van der Waals surface area contributed by atoms with Gasteiger partial charge in [-0.1, -0.05) is 0 Å². The fourth-order valence-electron chi connectivity index (χ4n) is 4.45. The molecule has 3 aliphatic rings. The fourth-order valence-corrected chi connectivity index (χ4v) is 4.45. The third kappa shape index (κ3) is 2.46. The Hall–Kier alpha value is -2.48. The number of benzene rings is 1. The van der Waals surface area contributed by atoms with E-state index in [0.29, 0.717) is 24.9 Å². The van der Waals surface area contributed by atoms with Crippen molar-refractivity contribution in [2.24, 2.45) is 17.6 Å². The number of rotatable bonds is 3. The number of anilines is 1. The molecule has 1 saturated heterocycles. The number of nitrogens with two attached hydrogens (primary N) is 1. The lowest BCUT2D eigenvalue weighted by molar-refractivity contribution is 0.0695. The number of pyridine rings is 1. The minimum atomic E-state index is -1.40. The number of hydrogen-bond donors (Lipinski definition) is 2. The topological polar surface area (TPSA) is 88.6 Å². The molecule has 0 radical (unpaired) electrons. The lowest BCUT2D eigenvalue weighted by atomic mass is 10.0. The third-order valence-electron chi connectivity index (χ3n) is 6.08. The van der Waals surface area contributed by atoms with Crippen LogP contribution in [0, 0.1) is 23.5 Å². The van der Waals surface area contributed by atoms with Gasteiger partial charge in [0.15, 0.2) is 5.82 Å². The predicted molar refractivity (Wildman–Crippen MR) is 95.1 cm³/mol. The van der Waals surface area contributed by atoms with Gasteiger partial charge in [0, 0.05) is 31.4 Å². The highest BCUT2D eigenvalue weighted by atomic mass is 19.1. The first kappa shape index (κ1) is 16.7. The number of carboxylic acid groups (broad SMARTS) is 1. The van der Waals surface area contributed by atoms with E-state index in [2.05, 4.69) is 0 Å². The number of hydrogen-bond acceptors (Lipinski definition) is 4. The molecule has 142 valence electrons. The average molecular weight is 375 g/mol. The van der Waals surface area contributed by atoms with Crippen molar-refractivity contribution in [1.82, 2.24) is 4.57 Å². The van der Waals surface area contributed by atoms with Crippen molar-refractivity contribution in [3.63, 3.8) is 0 Å². The van der Waals surface area contributed by atoms with Crippen LogP contribution >= 0.6 is 0 Å². The van der Waals surface area contributed by atoms with Crippen LogP contribution in [-0.4, -0.2) is 34.8 Å². The minimum absolute atomic E-state index is 0.0182. The molecular weight excluding hydrogens is 356 g/mol. The van der Waals surface area contributed by atoms with Crippen molar-refractivity contribution in [2.45, 2.75) is 31.3 Å². The first-order chi connectivity index (χ1) is 12.9. The van der Waals surface area contributed by atoms with Gasteiger partial charge in [0.1, 0.15) is 17.1 Å². The summed E-state index contributed by atoms with van der Waals surface area (Å²) in [6.07, 6.45) is 3.70. The SMILES string of the molecule is NC1CN(c2c(F)cc3c(=O)c(C(=O)O)cn(C4CC4)c3c2F)CC2CC12. The normalized spacial score (nSPS) is 26.9. The van der Waals surface area contributed by atoms with Gasteiger partial charge in [-0.15, -0.1) is 0 Å². The van der Waals surface area contributed by atoms with Crippen molar-refractivity contribution < 1.29 is 18.7 Å². The number of fused-ring (bicyclic) bond motifs is 2. The predicted octanol–water partition coefficient (Wildman–Crippen LogP) is 2.10. The molecule has 6 nitrogen and oxygen atoms in total. The summed E-state index contributed by atoms with van der Waals surface area (Å²) in [5, 5.41) is 9.06. The van der Waals surface area contributed by atoms with Gasteiger partial charge in [-0.25, -0.2) is 13.6 Å². The van der Waals surface area contributed by atoms with E-state index in [9.17, 15) is 19.1 Å². The van der Waals surface area contributed by atoms with E-state index < -0.39 is 28.6 Å². The summed E-state index contributed by atoms with van der Waals surface area (Å²) in [6, 6.07) is 0.778. The molecule has 2 saturated carbocycles. The van der Waals surface area contributed by atoms with Crippen molar-refractivity contribution >= 4 is 22.6 Å². The molecule has 8 heteroatoms. The van der Waals surface area contributed by atoms with Gasteiger partial charge in [-0.05, 0) is 37.2 Å². The molecule has 2 aromatic rings. The molecule has 5 rings (SSSR count). The molecule has 2 heterocycles. The van der Waals surface area contributed by atoms with Crippen LogP contribution in [-0.2, 0) is 0 Å². The molecule has 27 heavy (non-hydrogen) atoms. The monoisotopic (exact) mass is 375 g/mol. The maximum absolute atomic E-state index is 15.5. The van der Waals surface area contributed by atoms with Crippen LogP contribution in [0.25, 0.3) is 10.9 Å². The Bertz CT molecular complexity index is 1050. The molecule has 0 amide bonds. The average Bonchev–Trinajstić information content (AvgIpc) is 3.49. The Kier molecular flexibility index (Phi) is 3.40. The van der Waals surface area contributed by atoms with E-state index in [0.717, 1.165) is 25.3 Å². The zero-order chi connectivity index (χ0) is 19.0. The molecular formula is C19H19F2N3O3. The molecule has 0 bridgehead atoms. The molecule has 3 unspecified atom stereocenters. The lowest BCUT2D eigenvalue weighted by Gasteiger charge is -2.33. The summed E-state index contributed by atoms with van der Waals surface area (Å²) in [5.74, 6) is -2.28. The van der Waals surface area contributed by atoms with Gasteiger partial charge in [0.25, 0.3) is 0 Å². The molecule has 3 N–H and O–H groups in total. The molecule has 1 aromatic carbocycles.